The van der Waals surface area contributed by atoms with E-state index in [2.05, 4.69) is 29.4 Å². The number of aryl methyl sites for hydroxylation is 1. The Morgan fingerprint density at radius 1 is 1.24 bits per heavy atom. The van der Waals surface area contributed by atoms with Crippen LogP contribution in [0.25, 0.3) is 0 Å². The first-order valence-electron chi connectivity index (χ1n) is 5.26. The first-order chi connectivity index (χ1) is 8.16. The molecular formula is C13H12Cl2N2. The second kappa shape index (κ2) is 5.39. The largest absolute Gasteiger partial charge is 0.365 e. The van der Waals surface area contributed by atoms with E-state index in [1.807, 2.05) is 12.1 Å². The SMILES string of the molecule is Cc1ccccc1CNc1ncc(Cl)cc1Cl. The van der Waals surface area contributed by atoms with Crippen LogP contribution in [0.2, 0.25) is 10.0 Å². The van der Waals surface area contributed by atoms with Crippen LogP contribution in [0.15, 0.2) is 36.5 Å². The number of nitrogens with one attached hydrogen (secondary N) is 1. The van der Waals surface area contributed by atoms with E-state index in [-0.39, 0.29) is 0 Å². The van der Waals surface area contributed by atoms with E-state index in [0.717, 1.165) is 0 Å². The van der Waals surface area contributed by atoms with Crippen LogP contribution in [0, 0.1) is 6.92 Å². The molecule has 2 nitrogen and oxygen atoms in total. The van der Waals surface area contributed by atoms with Gasteiger partial charge in [-0.2, -0.15) is 0 Å². The van der Waals surface area contributed by atoms with Crippen molar-refractivity contribution in [2.24, 2.45) is 0 Å². The van der Waals surface area contributed by atoms with Gasteiger partial charge >= 0.3 is 0 Å². The minimum atomic E-state index is 0.533. The van der Waals surface area contributed by atoms with Crippen molar-refractivity contribution in [1.82, 2.24) is 4.98 Å². The molecule has 1 N–H and O–H groups in total. The smallest absolute Gasteiger partial charge is 0.145 e. The van der Waals surface area contributed by atoms with Crippen molar-refractivity contribution in [3.63, 3.8) is 0 Å². The van der Waals surface area contributed by atoms with Crippen molar-refractivity contribution in [1.29, 1.82) is 0 Å². The van der Waals surface area contributed by atoms with Crippen LogP contribution < -0.4 is 5.32 Å². The van der Waals surface area contributed by atoms with E-state index in [1.54, 1.807) is 12.3 Å². The lowest BCUT2D eigenvalue weighted by Crippen LogP contribution is -2.03. The highest BCUT2D eigenvalue weighted by Gasteiger charge is 2.03. The van der Waals surface area contributed by atoms with Crippen LogP contribution in [0.4, 0.5) is 5.82 Å². The van der Waals surface area contributed by atoms with Crippen LogP contribution in [-0.4, -0.2) is 4.98 Å². The fourth-order valence-corrected chi connectivity index (χ4v) is 1.98. The molecule has 0 aliphatic heterocycles. The number of anilines is 1. The predicted molar refractivity (Wildman–Crippen MR) is 72.8 cm³/mol. The molecule has 4 heteroatoms. The van der Waals surface area contributed by atoms with Gasteiger partial charge in [-0.15, -0.1) is 0 Å². The van der Waals surface area contributed by atoms with Gasteiger partial charge in [0.1, 0.15) is 5.82 Å². The average Bonchev–Trinajstić information content (AvgIpc) is 2.30. The summed E-state index contributed by atoms with van der Waals surface area (Å²) in [4.78, 5) is 4.15. The number of hydrogen-bond donors (Lipinski definition) is 1. The molecule has 17 heavy (non-hydrogen) atoms. The molecule has 0 saturated heterocycles. The zero-order valence-electron chi connectivity index (χ0n) is 9.37. The van der Waals surface area contributed by atoms with E-state index < -0.39 is 0 Å². The van der Waals surface area contributed by atoms with Crippen molar-refractivity contribution < 1.29 is 0 Å². The summed E-state index contributed by atoms with van der Waals surface area (Å²) in [7, 11) is 0. The van der Waals surface area contributed by atoms with E-state index in [0.29, 0.717) is 22.4 Å². The van der Waals surface area contributed by atoms with Crippen molar-refractivity contribution in [2.75, 3.05) is 5.32 Å². The molecule has 0 amide bonds. The molecule has 2 aromatic rings. The Kier molecular flexibility index (Phi) is 3.87. The Bertz CT molecular complexity index is 527. The normalized spacial score (nSPS) is 10.3. The highest BCUT2D eigenvalue weighted by Crippen LogP contribution is 2.23. The van der Waals surface area contributed by atoms with Crippen LogP contribution >= 0.6 is 23.2 Å². The molecule has 1 aromatic carbocycles. The van der Waals surface area contributed by atoms with Gasteiger partial charge in [0.2, 0.25) is 0 Å². The third-order valence-corrected chi connectivity index (χ3v) is 3.01. The number of hydrogen-bond acceptors (Lipinski definition) is 2. The molecule has 2 rings (SSSR count). The summed E-state index contributed by atoms with van der Waals surface area (Å²) >= 11 is 11.8. The van der Waals surface area contributed by atoms with Gasteiger partial charge < -0.3 is 5.32 Å². The molecule has 0 radical (unpaired) electrons. The lowest BCUT2D eigenvalue weighted by molar-refractivity contribution is 1.09. The maximum atomic E-state index is 6.03. The number of aromatic nitrogens is 1. The van der Waals surface area contributed by atoms with E-state index in [9.17, 15) is 0 Å². The summed E-state index contributed by atoms with van der Waals surface area (Å²) in [5, 5.41) is 4.27. The molecule has 1 heterocycles. The van der Waals surface area contributed by atoms with Gasteiger partial charge in [0, 0.05) is 12.7 Å². The predicted octanol–water partition coefficient (Wildman–Crippen LogP) is 4.31. The molecule has 0 spiro atoms. The van der Waals surface area contributed by atoms with E-state index >= 15 is 0 Å². The summed E-state index contributed by atoms with van der Waals surface area (Å²) in [6.07, 6.45) is 1.58. The number of benzene rings is 1. The quantitative estimate of drug-likeness (QED) is 0.896. The van der Waals surface area contributed by atoms with Crippen molar-refractivity contribution in [2.45, 2.75) is 13.5 Å². The first kappa shape index (κ1) is 12.2. The summed E-state index contributed by atoms with van der Waals surface area (Å²) in [6.45, 7) is 2.77. The number of pyridine rings is 1. The monoisotopic (exact) mass is 266 g/mol. The number of rotatable bonds is 3. The summed E-state index contributed by atoms with van der Waals surface area (Å²) in [5.74, 6) is 0.652. The standard InChI is InChI=1S/C13H12Cl2N2/c1-9-4-2-3-5-10(9)7-16-13-12(15)6-11(14)8-17-13/h2-6,8H,7H2,1H3,(H,16,17). The lowest BCUT2D eigenvalue weighted by atomic mass is 10.1. The maximum Gasteiger partial charge on any atom is 0.145 e. The van der Waals surface area contributed by atoms with Crippen LogP contribution in [0.1, 0.15) is 11.1 Å². The Morgan fingerprint density at radius 3 is 2.71 bits per heavy atom. The van der Waals surface area contributed by atoms with Crippen molar-refractivity contribution >= 4 is 29.0 Å². The Balaban J connectivity index is 2.10. The Hall–Kier alpha value is -1.25. The van der Waals surface area contributed by atoms with Gasteiger partial charge in [-0.1, -0.05) is 47.5 Å². The minimum Gasteiger partial charge on any atom is -0.365 e. The summed E-state index contributed by atoms with van der Waals surface area (Å²) in [5.41, 5.74) is 2.46. The molecule has 1 aromatic heterocycles. The summed E-state index contributed by atoms with van der Waals surface area (Å²) in [6, 6.07) is 9.86. The fourth-order valence-electron chi connectivity index (χ4n) is 1.53. The Labute approximate surface area is 111 Å². The maximum absolute atomic E-state index is 6.03. The highest BCUT2D eigenvalue weighted by molar-refractivity contribution is 6.35. The zero-order chi connectivity index (χ0) is 12.3. The van der Waals surface area contributed by atoms with Crippen LogP contribution in [-0.2, 0) is 6.54 Å². The molecule has 0 aliphatic carbocycles. The molecule has 88 valence electrons. The second-order valence-corrected chi connectivity index (χ2v) is 4.61. The van der Waals surface area contributed by atoms with Gasteiger partial charge in [-0.25, -0.2) is 4.98 Å². The van der Waals surface area contributed by atoms with Gasteiger partial charge in [-0.3, -0.25) is 0 Å². The van der Waals surface area contributed by atoms with E-state index in [1.165, 1.54) is 11.1 Å². The summed E-state index contributed by atoms with van der Waals surface area (Å²) < 4.78 is 0. The van der Waals surface area contributed by atoms with Crippen LogP contribution in [0.3, 0.4) is 0 Å². The number of halogens is 2. The van der Waals surface area contributed by atoms with Gasteiger partial charge in [0.15, 0.2) is 0 Å². The lowest BCUT2D eigenvalue weighted by Gasteiger charge is -2.09. The van der Waals surface area contributed by atoms with E-state index in [4.69, 9.17) is 23.2 Å². The molecule has 0 atom stereocenters. The molecular weight excluding hydrogens is 255 g/mol. The zero-order valence-corrected chi connectivity index (χ0v) is 10.9. The molecule has 0 unspecified atom stereocenters. The van der Waals surface area contributed by atoms with Gasteiger partial charge in [0.05, 0.1) is 10.0 Å². The van der Waals surface area contributed by atoms with Crippen molar-refractivity contribution in [3.05, 3.63) is 57.7 Å². The second-order valence-electron chi connectivity index (χ2n) is 3.76. The number of nitrogens with zero attached hydrogens (tertiary/aromatic N) is 1. The highest BCUT2D eigenvalue weighted by atomic mass is 35.5. The average molecular weight is 267 g/mol. The minimum absolute atomic E-state index is 0.533. The molecule has 0 bridgehead atoms. The third-order valence-electron chi connectivity index (χ3n) is 2.52. The third kappa shape index (κ3) is 3.11. The topological polar surface area (TPSA) is 24.9 Å². The van der Waals surface area contributed by atoms with Gasteiger partial charge in [-0.05, 0) is 24.1 Å². The first-order valence-corrected chi connectivity index (χ1v) is 6.02. The molecule has 0 aliphatic rings. The molecule has 0 fully saturated rings. The van der Waals surface area contributed by atoms with Crippen LogP contribution in [0.5, 0.6) is 0 Å². The van der Waals surface area contributed by atoms with Gasteiger partial charge in [0.25, 0.3) is 0 Å². The fraction of sp³-hybridized carbons (Fsp3) is 0.154. The Morgan fingerprint density at radius 2 is 2.00 bits per heavy atom. The van der Waals surface area contributed by atoms with Crippen molar-refractivity contribution in [3.8, 4) is 0 Å². The molecule has 0 saturated carbocycles.